The lowest BCUT2D eigenvalue weighted by molar-refractivity contribution is 0.0241. The molecule has 0 unspecified atom stereocenters. The third kappa shape index (κ3) is 4.73. The van der Waals surface area contributed by atoms with Gasteiger partial charge in [-0.3, -0.25) is 4.79 Å². The molecule has 3 rings (SSSR count). The maximum Gasteiger partial charge on any atom is 0.432 e. The van der Waals surface area contributed by atoms with Crippen LogP contribution in [0.15, 0.2) is 29.4 Å². The highest BCUT2D eigenvalue weighted by Crippen LogP contribution is 2.40. The maximum absolute atomic E-state index is 12.9. The van der Waals surface area contributed by atoms with Crippen LogP contribution in [-0.4, -0.2) is 45.9 Å². The third-order valence-corrected chi connectivity index (χ3v) is 5.73. The molecule has 0 fully saturated rings. The van der Waals surface area contributed by atoms with Crippen LogP contribution in [0, 0.1) is 0 Å². The molecule has 0 saturated heterocycles. The summed E-state index contributed by atoms with van der Waals surface area (Å²) in [5, 5.41) is 1.44. The van der Waals surface area contributed by atoms with Crippen molar-refractivity contribution in [3.63, 3.8) is 0 Å². The number of imide groups is 1. The van der Waals surface area contributed by atoms with E-state index in [2.05, 4.69) is 9.97 Å². The van der Waals surface area contributed by atoms with Crippen molar-refractivity contribution in [2.75, 3.05) is 19.1 Å². The second-order valence-electron chi connectivity index (χ2n) is 7.47. The summed E-state index contributed by atoms with van der Waals surface area (Å²) in [6.45, 7) is 5.03. The molecule has 0 aliphatic rings. The summed E-state index contributed by atoms with van der Waals surface area (Å²) in [5.74, 6) is 5.61. The number of nitrogen functional groups attached to an aromatic ring is 1. The van der Waals surface area contributed by atoms with Gasteiger partial charge in [-0.15, -0.1) is 11.3 Å². The molecular formula is C20H23N5O4S2. The predicted molar refractivity (Wildman–Crippen MR) is 122 cm³/mol. The highest BCUT2D eigenvalue weighted by Gasteiger charge is 2.30. The van der Waals surface area contributed by atoms with Gasteiger partial charge in [0.2, 0.25) is 0 Å². The van der Waals surface area contributed by atoms with Crippen molar-refractivity contribution in [2.45, 2.75) is 31.5 Å². The zero-order chi connectivity index (χ0) is 22.9. The smallest absolute Gasteiger partial charge is 0.432 e. The molecule has 2 aromatic heterocycles. The first kappa shape index (κ1) is 22.8. The van der Waals surface area contributed by atoms with Gasteiger partial charge >= 0.3 is 6.09 Å². The Morgan fingerprint density at radius 2 is 1.94 bits per heavy atom. The minimum Gasteiger partial charge on any atom is -0.497 e. The SMILES string of the molecule is COc1cccc(-c2nc(SC)nc3sc(C(=O)N(N)C(=O)OC(C)(C)C)c(N)c23)c1. The van der Waals surface area contributed by atoms with Gasteiger partial charge in [-0.2, -0.15) is 5.01 Å². The van der Waals surface area contributed by atoms with Gasteiger partial charge in [0.15, 0.2) is 5.16 Å². The number of nitrogens with zero attached hydrogens (tertiary/aromatic N) is 3. The van der Waals surface area contributed by atoms with Crippen LogP contribution in [-0.2, 0) is 4.74 Å². The number of rotatable bonds is 4. The molecular weight excluding hydrogens is 438 g/mol. The predicted octanol–water partition coefficient (Wildman–Crippen LogP) is 3.92. The average Bonchev–Trinajstić information content (AvgIpc) is 3.07. The number of anilines is 1. The maximum atomic E-state index is 12.9. The number of amides is 2. The van der Waals surface area contributed by atoms with Gasteiger partial charge in [-0.25, -0.2) is 20.6 Å². The van der Waals surface area contributed by atoms with Crippen molar-refractivity contribution < 1.29 is 19.1 Å². The van der Waals surface area contributed by atoms with E-state index in [-0.39, 0.29) is 10.6 Å². The monoisotopic (exact) mass is 461 g/mol. The number of hydrogen-bond donors (Lipinski definition) is 2. The Morgan fingerprint density at radius 1 is 1.23 bits per heavy atom. The van der Waals surface area contributed by atoms with Crippen LogP contribution in [0.2, 0.25) is 0 Å². The molecule has 0 aliphatic carbocycles. The molecule has 2 amide bonds. The van der Waals surface area contributed by atoms with Gasteiger partial charge in [0.05, 0.1) is 23.9 Å². The lowest BCUT2D eigenvalue weighted by Gasteiger charge is -2.22. The van der Waals surface area contributed by atoms with Crippen molar-refractivity contribution >= 4 is 51.0 Å². The van der Waals surface area contributed by atoms with Crippen LogP contribution in [0.4, 0.5) is 10.5 Å². The first-order chi connectivity index (χ1) is 14.6. The fourth-order valence-corrected chi connectivity index (χ4v) is 4.19. The summed E-state index contributed by atoms with van der Waals surface area (Å²) in [6.07, 6.45) is 0.877. The Labute approximate surface area is 187 Å². The number of methoxy groups -OCH3 is 1. The second kappa shape index (κ2) is 8.69. The molecule has 4 N–H and O–H groups in total. The number of benzene rings is 1. The van der Waals surface area contributed by atoms with Crippen molar-refractivity contribution in [1.82, 2.24) is 15.0 Å². The minimum absolute atomic E-state index is 0.0834. The van der Waals surface area contributed by atoms with E-state index in [4.69, 9.17) is 21.1 Å². The molecule has 3 aromatic rings. The molecule has 9 nitrogen and oxygen atoms in total. The summed E-state index contributed by atoms with van der Waals surface area (Å²) in [6, 6.07) is 7.33. The second-order valence-corrected chi connectivity index (χ2v) is 9.24. The standard InChI is InChI=1S/C20H23N5O4S2/c1-20(2,3)29-19(27)25(22)17(26)15-13(21)12-14(10-7-6-8-11(9-10)28-4)23-18(30-5)24-16(12)31-15/h6-9H,21-22H2,1-5H3. The first-order valence-electron chi connectivity index (χ1n) is 9.16. The van der Waals surface area contributed by atoms with Crippen LogP contribution in [0.1, 0.15) is 30.4 Å². The molecule has 31 heavy (non-hydrogen) atoms. The number of carbonyl (C=O) groups excluding carboxylic acids is 2. The molecule has 0 saturated carbocycles. The molecule has 2 heterocycles. The fourth-order valence-electron chi connectivity index (χ4n) is 2.74. The van der Waals surface area contributed by atoms with Gasteiger partial charge in [-0.1, -0.05) is 23.9 Å². The Kier molecular flexibility index (Phi) is 6.39. The summed E-state index contributed by atoms with van der Waals surface area (Å²) in [7, 11) is 1.57. The van der Waals surface area contributed by atoms with Crippen LogP contribution < -0.4 is 16.3 Å². The number of hydrazine groups is 1. The number of aromatic nitrogens is 2. The molecule has 0 spiro atoms. The molecule has 0 radical (unpaired) electrons. The van der Waals surface area contributed by atoms with E-state index >= 15 is 0 Å². The van der Waals surface area contributed by atoms with Crippen LogP contribution in [0.25, 0.3) is 21.5 Å². The normalized spacial score (nSPS) is 11.4. The lowest BCUT2D eigenvalue weighted by Crippen LogP contribution is -2.45. The number of hydrogen-bond acceptors (Lipinski definition) is 10. The Bertz CT molecular complexity index is 1160. The Hall–Kier alpha value is -2.89. The van der Waals surface area contributed by atoms with E-state index in [0.29, 0.717) is 31.8 Å². The average molecular weight is 462 g/mol. The largest absolute Gasteiger partial charge is 0.497 e. The third-order valence-electron chi connectivity index (χ3n) is 4.10. The molecule has 164 valence electrons. The fraction of sp³-hybridized carbons (Fsp3) is 0.300. The number of thiophene rings is 1. The van der Waals surface area contributed by atoms with E-state index in [1.54, 1.807) is 27.9 Å². The van der Waals surface area contributed by atoms with E-state index in [1.807, 2.05) is 30.5 Å². The van der Waals surface area contributed by atoms with E-state index in [9.17, 15) is 9.59 Å². The van der Waals surface area contributed by atoms with Gasteiger partial charge < -0.3 is 15.2 Å². The number of thioether (sulfide) groups is 1. The van der Waals surface area contributed by atoms with Crippen molar-refractivity contribution in [3.05, 3.63) is 29.1 Å². The number of nitrogens with two attached hydrogens (primary N) is 2. The summed E-state index contributed by atoms with van der Waals surface area (Å²) >= 11 is 2.41. The van der Waals surface area contributed by atoms with Crippen LogP contribution in [0.5, 0.6) is 5.75 Å². The van der Waals surface area contributed by atoms with E-state index in [1.165, 1.54) is 11.8 Å². The quantitative estimate of drug-likeness (QED) is 0.195. The molecule has 0 atom stereocenters. The molecule has 0 aliphatic heterocycles. The summed E-state index contributed by atoms with van der Waals surface area (Å²) in [5.41, 5.74) is 6.99. The van der Waals surface area contributed by atoms with Crippen molar-refractivity contribution in [1.29, 1.82) is 0 Å². The highest BCUT2D eigenvalue weighted by atomic mass is 32.2. The number of ether oxygens (including phenoxy) is 2. The zero-order valence-corrected chi connectivity index (χ0v) is 19.4. The van der Waals surface area contributed by atoms with Gasteiger partial charge in [0.25, 0.3) is 5.91 Å². The van der Waals surface area contributed by atoms with E-state index in [0.717, 1.165) is 16.9 Å². The van der Waals surface area contributed by atoms with Crippen molar-refractivity contribution in [3.8, 4) is 17.0 Å². The van der Waals surface area contributed by atoms with E-state index < -0.39 is 17.6 Å². The topological polar surface area (TPSA) is 134 Å². The van der Waals surface area contributed by atoms with Crippen molar-refractivity contribution in [2.24, 2.45) is 5.84 Å². The number of fused-ring (bicyclic) bond motifs is 1. The Morgan fingerprint density at radius 3 is 2.55 bits per heavy atom. The van der Waals surface area contributed by atoms with Crippen LogP contribution in [0.3, 0.4) is 0 Å². The minimum atomic E-state index is -0.974. The van der Waals surface area contributed by atoms with Gasteiger partial charge in [-0.05, 0) is 39.2 Å². The molecule has 11 heteroatoms. The molecule has 0 bridgehead atoms. The summed E-state index contributed by atoms with van der Waals surface area (Å²) < 4.78 is 10.5. The number of carbonyl (C=O) groups is 2. The van der Waals surface area contributed by atoms with Gasteiger partial charge in [0.1, 0.15) is 21.1 Å². The zero-order valence-electron chi connectivity index (χ0n) is 17.8. The Balaban J connectivity index is 2.13. The molecule has 1 aromatic carbocycles. The van der Waals surface area contributed by atoms with Gasteiger partial charge in [0, 0.05) is 5.56 Å². The summed E-state index contributed by atoms with van der Waals surface area (Å²) in [4.78, 5) is 34.8. The lowest BCUT2D eigenvalue weighted by atomic mass is 10.1. The van der Waals surface area contributed by atoms with Crippen LogP contribution >= 0.6 is 23.1 Å². The first-order valence-corrected chi connectivity index (χ1v) is 11.2. The highest BCUT2D eigenvalue weighted by molar-refractivity contribution is 7.98.